The van der Waals surface area contributed by atoms with Crippen molar-refractivity contribution in [3.05, 3.63) is 52.1 Å². The van der Waals surface area contributed by atoms with Gasteiger partial charge in [0, 0.05) is 25.7 Å². The van der Waals surface area contributed by atoms with Crippen LogP contribution in [0.15, 0.2) is 36.4 Å². The van der Waals surface area contributed by atoms with Gasteiger partial charge in [-0.05, 0) is 31.6 Å². The Morgan fingerprint density at radius 2 is 2.25 bits per heavy atom. The summed E-state index contributed by atoms with van der Waals surface area (Å²) < 4.78 is 0. The first-order valence-electron chi connectivity index (χ1n) is 6.22. The highest BCUT2D eigenvalue weighted by Gasteiger charge is 2.16. The maximum atomic E-state index is 10.8. The Bertz CT molecular complexity index is 531. The maximum Gasteiger partial charge on any atom is 0.269 e. The molecular formula is C14H19N3O2S. The van der Waals surface area contributed by atoms with Crippen molar-refractivity contribution in [1.29, 1.82) is 0 Å². The average Bonchev–Trinajstić information content (AvgIpc) is 2.43. The molecule has 1 N–H and O–H groups in total. The predicted octanol–water partition coefficient (Wildman–Crippen LogP) is 3.04. The molecule has 1 aromatic rings. The van der Waals surface area contributed by atoms with E-state index < -0.39 is 4.92 Å². The van der Waals surface area contributed by atoms with E-state index in [-0.39, 0.29) is 11.7 Å². The monoisotopic (exact) mass is 293 g/mol. The maximum absolute atomic E-state index is 10.8. The Kier molecular flexibility index (Phi) is 5.64. The Labute approximate surface area is 124 Å². The van der Waals surface area contributed by atoms with Crippen LogP contribution in [-0.2, 0) is 0 Å². The molecule has 0 fully saturated rings. The Morgan fingerprint density at radius 1 is 1.60 bits per heavy atom. The average molecular weight is 293 g/mol. The summed E-state index contributed by atoms with van der Waals surface area (Å²) in [5.74, 6) is 0. The molecule has 0 saturated heterocycles. The number of nitrogens with zero attached hydrogens (tertiary/aromatic N) is 2. The van der Waals surface area contributed by atoms with Crippen molar-refractivity contribution in [2.24, 2.45) is 0 Å². The number of nitrogens with one attached hydrogen (secondary N) is 1. The van der Waals surface area contributed by atoms with E-state index in [4.69, 9.17) is 12.2 Å². The van der Waals surface area contributed by atoms with Gasteiger partial charge in [-0.25, -0.2) is 0 Å². The van der Waals surface area contributed by atoms with E-state index in [0.29, 0.717) is 11.7 Å². The normalized spacial score (nSPS) is 11.6. The van der Waals surface area contributed by atoms with Crippen LogP contribution in [0.25, 0.3) is 0 Å². The van der Waals surface area contributed by atoms with Gasteiger partial charge in [-0.2, -0.15) is 0 Å². The van der Waals surface area contributed by atoms with Gasteiger partial charge in [0.2, 0.25) is 0 Å². The highest BCUT2D eigenvalue weighted by Crippen LogP contribution is 2.22. The summed E-state index contributed by atoms with van der Waals surface area (Å²) in [6, 6.07) is 6.54. The second kappa shape index (κ2) is 7.00. The van der Waals surface area contributed by atoms with E-state index >= 15 is 0 Å². The summed E-state index contributed by atoms with van der Waals surface area (Å²) in [5, 5.41) is 14.5. The zero-order chi connectivity index (χ0) is 15.3. The van der Waals surface area contributed by atoms with Crippen molar-refractivity contribution in [3.8, 4) is 0 Å². The van der Waals surface area contributed by atoms with Crippen LogP contribution in [0.5, 0.6) is 0 Å². The van der Waals surface area contributed by atoms with Crippen molar-refractivity contribution in [2.75, 3.05) is 13.6 Å². The molecule has 0 bridgehead atoms. The zero-order valence-electron chi connectivity index (χ0n) is 11.9. The lowest BCUT2D eigenvalue weighted by Crippen LogP contribution is -2.39. The summed E-state index contributed by atoms with van der Waals surface area (Å²) in [6.45, 7) is 8.29. The molecule has 0 saturated carbocycles. The third kappa shape index (κ3) is 4.31. The van der Waals surface area contributed by atoms with Gasteiger partial charge >= 0.3 is 0 Å². The lowest BCUT2D eigenvalue weighted by molar-refractivity contribution is -0.384. The van der Waals surface area contributed by atoms with Gasteiger partial charge in [0.25, 0.3) is 5.69 Å². The van der Waals surface area contributed by atoms with E-state index in [1.54, 1.807) is 12.1 Å². The van der Waals surface area contributed by atoms with Crippen molar-refractivity contribution in [1.82, 2.24) is 10.2 Å². The first-order valence-corrected chi connectivity index (χ1v) is 6.63. The molecule has 0 aliphatic rings. The molecule has 20 heavy (non-hydrogen) atoms. The Morgan fingerprint density at radius 3 is 2.80 bits per heavy atom. The number of benzene rings is 1. The van der Waals surface area contributed by atoms with Gasteiger partial charge in [0.15, 0.2) is 5.11 Å². The van der Waals surface area contributed by atoms with Crippen LogP contribution < -0.4 is 5.32 Å². The summed E-state index contributed by atoms with van der Waals surface area (Å²) >= 11 is 5.30. The molecule has 1 atom stereocenters. The number of nitro groups is 1. The van der Waals surface area contributed by atoms with E-state index in [2.05, 4.69) is 11.9 Å². The minimum atomic E-state index is -0.395. The molecule has 6 heteroatoms. The highest BCUT2D eigenvalue weighted by molar-refractivity contribution is 7.80. The highest BCUT2D eigenvalue weighted by atomic mass is 32.1. The summed E-state index contributed by atoms with van der Waals surface area (Å²) in [5.41, 5.74) is 1.92. The van der Waals surface area contributed by atoms with E-state index in [0.717, 1.165) is 11.1 Å². The molecule has 0 amide bonds. The fourth-order valence-corrected chi connectivity index (χ4v) is 1.88. The third-order valence-corrected chi connectivity index (χ3v) is 3.44. The van der Waals surface area contributed by atoms with Gasteiger partial charge < -0.3 is 10.2 Å². The van der Waals surface area contributed by atoms with Crippen molar-refractivity contribution in [3.63, 3.8) is 0 Å². The number of nitro benzene ring substituents is 1. The minimum Gasteiger partial charge on any atom is -0.359 e. The molecule has 0 spiro atoms. The molecule has 0 aliphatic heterocycles. The van der Waals surface area contributed by atoms with Crippen molar-refractivity contribution in [2.45, 2.75) is 19.9 Å². The summed E-state index contributed by atoms with van der Waals surface area (Å²) in [6.07, 6.45) is 0. The fourth-order valence-electron chi connectivity index (χ4n) is 1.65. The van der Waals surface area contributed by atoms with Crippen LogP contribution in [-0.4, -0.2) is 28.5 Å². The molecule has 0 aromatic heterocycles. The fraction of sp³-hybridized carbons (Fsp3) is 0.357. The number of thiocarbonyl (C=S) groups is 1. The van der Waals surface area contributed by atoms with Crippen LogP contribution in [0.3, 0.4) is 0 Å². The standard InChI is InChI=1S/C14H19N3O2S/c1-10(2)9-15-14(20)16(4)11(3)12-6-5-7-13(8-12)17(18)19/h5-8,11H,1,9H2,2-4H3,(H,15,20)/t11-/m0/s1. The first kappa shape index (κ1) is 16.1. The summed E-state index contributed by atoms with van der Waals surface area (Å²) in [7, 11) is 1.86. The first-order chi connectivity index (χ1) is 9.32. The second-order valence-corrected chi connectivity index (χ2v) is 5.14. The molecule has 0 unspecified atom stereocenters. The predicted molar refractivity (Wildman–Crippen MR) is 84.7 cm³/mol. The SMILES string of the molecule is C=C(C)CNC(=S)N(C)[C@@H](C)c1cccc([N+](=O)[O-])c1. The second-order valence-electron chi connectivity index (χ2n) is 4.75. The molecule has 1 rings (SSSR count). The Balaban J connectivity index is 2.80. The molecule has 0 radical (unpaired) electrons. The number of hydrogen-bond donors (Lipinski definition) is 1. The number of rotatable bonds is 5. The zero-order valence-corrected chi connectivity index (χ0v) is 12.7. The van der Waals surface area contributed by atoms with Crippen molar-refractivity contribution >= 4 is 23.0 Å². The molecular weight excluding hydrogens is 274 g/mol. The largest absolute Gasteiger partial charge is 0.359 e. The molecule has 5 nitrogen and oxygen atoms in total. The van der Waals surface area contributed by atoms with E-state index in [9.17, 15) is 10.1 Å². The summed E-state index contributed by atoms with van der Waals surface area (Å²) in [4.78, 5) is 12.3. The number of non-ortho nitro benzene ring substituents is 1. The van der Waals surface area contributed by atoms with Gasteiger partial charge in [0.1, 0.15) is 0 Å². The van der Waals surface area contributed by atoms with Crippen molar-refractivity contribution < 1.29 is 4.92 Å². The van der Waals surface area contributed by atoms with Crippen LogP contribution >= 0.6 is 12.2 Å². The smallest absolute Gasteiger partial charge is 0.269 e. The van der Waals surface area contributed by atoms with Gasteiger partial charge in [-0.1, -0.05) is 24.3 Å². The van der Waals surface area contributed by atoms with E-state index in [1.165, 1.54) is 6.07 Å². The van der Waals surface area contributed by atoms with Crippen LogP contribution in [0.1, 0.15) is 25.5 Å². The van der Waals surface area contributed by atoms with Gasteiger partial charge in [-0.15, -0.1) is 0 Å². The Hall–Kier alpha value is -1.95. The van der Waals surface area contributed by atoms with Gasteiger partial charge in [0.05, 0.1) is 11.0 Å². The molecule has 1 aromatic carbocycles. The van der Waals surface area contributed by atoms with E-state index in [1.807, 2.05) is 31.9 Å². The lowest BCUT2D eigenvalue weighted by Gasteiger charge is -2.28. The number of hydrogen-bond acceptors (Lipinski definition) is 3. The molecule has 0 heterocycles. The molecule has 0 aliphatic carbocycles. The molecule has 108 valence electrons. The van der Waals surface area contributed by atoms with Gasteiger partial charge in [-0.3, -0.25) is 10.1 Å². The van der Waals surface area contributed by atoms with Crippen LogP contribution in [0.2, 0.25) is 0 Å². The van der Waals surface area contributed by atoms with Crippen LogP contribution in [0, 0.1) is 10.1 Å². The quantitative estimate of drug-likeness (QED) is 0.391. The minimum absolute atomic E-state index is 0.0555. The van der Waals surface area contributed by atoms with Crippen LogP contribution in [0.4, 0.5) is 5.69 Å². The topological polar surface area (TPSA) is 58.4 Å². The third-order valence-electron chi connectivity index (χ3n) is 3.01. The lowest BCUT2D eigenvalue weighted by atomic mass is 10.1.